The fourth-order valence-electron chi connectivity index (χ4n) is 3.94. The van der Waals surface area contributed by atoms with Crippen molar-refractivity contribution in [3.05, 3.63) is 35.9 Å². The Balaban J connectivity index is 1.55. The molecule has 26 heavy (non-hydrogen) atoms. The molecule has 4 rings (SSSR count). The number of ether oxygens (including phenoxy) is 4. The van der Waals surface area contributed by atoms with Crippen molar-refractivity contribution in [3.63, 3.8) is 0 Å². The van der Waals surface area contributed by atoms with Crippen LogP contribution in [0.4, 0.5) is 0 Å². The number of benzene rings is 1. The molecule has 0 bridgehead atoms. The van der Waals surface area contributed by atoms with Gasteiger partial charge in [0.1, 0.15) is 23.9 Å². The summed E-state index contributed by atoms with van der Waals surface area (Å²) >= 11 is 0. The van der Waals surface area contributed by atoms with Crippen LogP contribution in [0.1, 0.15) is 19.4 Å². The monoisotopic (exact) mass is 383 g/mol. The molecule has 8 heteroatoms. The van der Waals surface area contributed by atoms with Crippen molar-refractivity contribution in [2.45, 2.75) is 50.2 Å². The molecule has 1 aromatic carbocycles. The van der Waals surface area contributed by atoms with E-state index >= 15 is 0 Å². The quantitative estimate of drug-likeness (QED) is 0.776. The maximum Gasteiger partial charge on any atom is 0.211 e. The van der Waals surface area contributed by atoms with Gasteiger partial charge in [-0.25, -0.2) is 8.42 Å². The molecular weight excluding hydrogens is 358 g/mol. The zero-order valence-electron chi connectivity index (χ0n) is 15.3. The van der Waals surface area contributed by atoms with Crippen LogP contribution in [0.5, 0.6) is 0 Å². The molecule has 7 nitrogen and oxygen atoms in total. The molecule has 0 N–H and O–H groups in total. The Labute approximate surface area is 154 Å². The third kappa shape index (κ3) is 3.30. The van der Waals surface area contributed by atoms with Gasteiger partial charge in [-0.15, -0.1) is 0 Å². The van der Waals surface area contributed by atoms with E-state index in [1.807, 2.05) is 44.2 Å². The van der Waals surface area contributed by atoms with Crippen LogP contribution < -0.4 is 0 Å². The van der Waals surface area contributed by atoms with Gasteiger partial charge in [0.25, 0.3) is 0 Å². The summed E-state index contributed by atoms with van der Waals surface area (Å²) in [7, 11) is -3.25. The Morgan fingerprint density at radius 1 is 1.19 bits per heavy atom. The highest BCUT2D eigenvalue weighted by atomic mass is 32.2. The minimum Gasteiger partial charge on any atom is -0.368 e. The Bertz CT molecular complexity index is 759. The predicted octanol–water partition coefficient (Wildman–Crippen LogP) is 1.14. The van der Waals surface area contributed by atoms with Gasteiger partial charge in [-0.1, -0.05) is 30.3 Å². The molecule has 0 aromatic heterocycles. The second-order valence-corrected chi connectivity index (χ2v) is 9.75. The summed E-state index contributed by atoms with van der Waals surface area (Å²) in [5.74, 6) is -0.709. The van der Waals surface area contributed by atoms with E-state index < -0.39 is 27.5 Å². The topological polar surface area (TPSA) is 74.3 Å². The van der Waals surface area contributed by atoms with Crippen LogP contribution in [0.3, 0.4) is 0 Å². The van der Waals surface area contributed by atoms with Crippen LogP contribution in [0.15, 0.2) is 30.3 Å². The molecular formula is C18H25NO6S. The molecule has 3 fully saturated rings. The highest BCUT2D eigenvalue weighted by Gasteiger charge is 2.63. The van der Waals surface area contributed by atoms with Gasteiger partial charge < -0.3 is 18.9 Å². The minimum absolute atomic E-state index is 0.219. The highest BCUT2D eigenvalue weighted by molar-refractivity contribution is 7.88. The van der Waals surface area contributed by atoms with E-state index in [-0.39, 0.29) is 25.3 Å². The predicted molar refractivity (Wildman–Crippen MR) is 93.9 cm³/mol. The van der Waals surface area contributed by atoms with Gasteiger partial charge in [-0.3, -0.25) is 0 Å². The lowest BCUT2D eigenvalue weighted by Crippen LogP contribution is -2.75. The maximum absolute atomic E-state index is 11.8. The molecule has 144 valence electrons. The van der Waals surface area contributed by atoms with Gasteiger partial charge in [0.15, 0.2) is 5.79 Å². The van der Waals surface area contributed by atoms with Gasteiger partial charge in [-0.05, 0) is 19.4 Å². The number of fused-ring (bicyclic) bond motifs is 1. The fraction of sp³-hybridized carbons (Fsp3) is 0.667. The molecule has 3 atom stereocenters. The molecule has 3 saturated heterocycles. The van der Waals surface area contributed by atoms with E-state index in [1.54, 1.807) is 0 Å². The SMILES string of the molecule is CC1(C)O[C@H]2[C@@H](OCc3ccccc3)C3(CN(S(C)(=O)=O)C3)OC[C@H]2O1. The third-order valence-electron chi connectivity index (χ3n) is 5.20. The van der Waals surface area contributed by atoms with Crippen LogP contribution in [0.25, 0.3) is 0 Å². The van der Waals surface area contributed by atoms with Crippen molar-refractivity contribution in [3.8, 4) is 0 Å². The van der Waals surface area contributed by atoms with Crippen LogP contribution in [0, 0.1) is 0 Å². The second kappa shape index (κ2) is 6.25. The molecule has 0 aliphatic carbocycles. The summed E-state index contributed by atoms with van der Waals surface area (Å²) < 4.78 is 49.5. The van der Waals surface area contributed by atoms with E-state index in [9.17, 15) is 8.42 Å². The van der Waals surface area contributed by atoms with Crippen LogP contribution in [-0.2, 0) is 35.6 Å². The normalized spacial score (nSPS) is 33.0. The Morgan fingerprint density at radius 3 is 2.54 bits per heavy atom. The van der Waals surface area contributed by atoms with Crippen molar-refractivity contribution in [2.24, 2.45) is 0 Å². The first-order valence-electron chi connectivity index (χ1n) is 8.79. The summed E-state index contributed by atoms with van der Waals surface area (Å²) in [6.07, 6.45) is 0.304. The van der Waals surface area contributed by atoms with E-state index in [0.717, 1.165) is 5.56 Å². The van der Waals surface area contributed by atoms with Gasteiger partial charge in [0, 0.05) is 13.1 Å². The molecule has 0 amide bonds. The van der Waals surface area contributed by atoms with Crippen molar-refractivity contribution >= 4 is 10.0 Å². The fourth-order valence-corrected chi connectivity index (χ4v) is 4.85. The molecule has 0 unspecified atom stereocenters. The second-order valence-electron chi connectivity index (χ2n) is 7.76. The first kappa shape index (κ1) is 18.3. The Hall–Kier alpha value is -1.03. The van der Waals surface area contributed by atoms with E-state index in [2.05, 4.69) is 0 Å². The van der Waals surface area contributed by atoms with Crippen LogP contribution in [0.2, 0.25) is 0 Å². The molecule has 3 aliphatic heterocycles. The Kier molecular flexibility index (Phi) is 4.41. The van der Waals surface area contributed by atoms with E-state index in [0.29, 0.717) is 13.2 Å². The lowest BCUT2D eigenvalue weighted by atomic mass is 9.82. The van der Waals surface area contributed by atoms with Gasteiger partial charge in [-0.2, -0.15) is 4.31 Å². The standard InChI is InChI=1S/C18H25NO6S/c1-17(2)24-14-10-23-18(11-19(12-18)26(3,20)21)16(15(14)25-17)22-9-13-7-5-4-6-8-13/h4-8,14-16H,9-12H2,1-3H3/t14-,15-,16-/m1/s1. The van der Waals surface area contributed by atoms with E-state index in [1.165, 1.54) is 10.6 Å². The van der Waals surface area contributed by atoms with E-state index in [4.69, 9.17) is 18.9 Å². The smallest absolute Gasteiger partial charge is 0.211 e. The first-order valence-corrected chi connectivity index (χ1v) is 10.6. The summed E-state index contributed by atoms with van der Waals surface area (Å²) in [6, 6.07) is 9.86. The van der Waals surface area contributed by atoms with Gasteiger partial charge in [0.05, 0.1) is 19.5 Å². The van der Waals surface area contributed by atoms with Gasteiger partial charge >= 0.3 is 0 Å². The van der Waals surface area contributed by atoms with Crippen molar-refractivity contribution in [1.29, 1.82) is 0 Å². The minimum atomic E-state index is -3.25. The van der Waals surface area contributed by atoms with Crippen LogP contribution in [-0.4, -0.2) is 68.4 Å². The molecule has 0 radical (unpaired) electrons. The lowest BCUT2D eigenvalue weighted by molar-refractivity contribution is -0.261. The summed E-state index contributed by atoms with van der Waals surface area (Å²) in [6.45, 7) is 5.07. The average molecular weight is 383 g/mol. The first-order chi connectivity index (χ1) is 12.2. The number of hydrogen-bond acceptors (Lipinski definition) is 6. The molecule has 1 spiro atoms. The number of sulfonamides is 1. The summed E-state index contributed by atoms with van der Waals surface area (Å²) in [5.41, 5.74) is 0.352. The summed E-state index contributed by atoms with van der Waals surface area (Å²) in [4.78, 5) is 0. The maximum atomic E-state index is 11.8. The van der Waals surface area contributed by atoms with Gasteiger partial charge in [0.2, 0.25) is 10.0 Å². The molecule has 3 heterocycles. The number of rotatable bonds is 4. The molecule has 3 aliphatic rings. The molecule has 1 aromatic rings. The zero-order valence-corrected chi connectivity index (χ0v) is 16.1. The number of hydrogen-bond donors (Lipinski definition) is 0. The lowest BCUT2D eigenvalue weighted by Gasteiger charge is -2.55. The average Bonchev–Trinajstić information content (AvgIpc) is 2.84. The largest absolute Gasteiger partial charge is 0.368 e. The summed E-state index contributed by atoms with van der Waals surface area (Å²) in [5, 5.41) is 0. The molecule has 0 saturated carbocycles. The van der Waals surface area contributed by atoms with Crippen LogP contribution >= 0.6 is 0 Å². The van der Waals surface area contributed by atoms with Crippen molar-refractivity contribution < 1.29 is 27.4 Å². The van der Waals surface area contributed by atoms with Crippen molar-refractivity contribution in [1.82, 2.24) is 4.31 Å². The number of nitrogens with zero attached hydrogens (tertiary/aromatic N) is 1. The van der Waals surface area contributed by atoms with Crippen molar-refractivity contribution in [2.75, 3.05) is 26.0 Å². The Morgan fingerprint density at radius 2 is 1.88 bits per heavy atom. The highest BCUT2D eigenvalue weighted by Crippen LogP contribution is 2.44. The third-order valence-corrected chi connectivity index (χ3v) is 6.40. The zero-order chi connectivity index (χ0) is 18.6.